The number of nitrogens with zero attached hydrogens (tertiary/aromatic N) is 1. The molecular weight excluding hydrogens is 252 g/mol. The summed E-state index contributed by atoms with van der Waals surface area (Å²) in [6.07, 6.45) is 7.95. The van der Waals surface area contributed by atoms with E-state index < -0.39 is 0 Å². The second-order valence-electron chi connectivity index (χ2n) is 6.56. The number of piperidine rings is 1. The highest BCUT2D eigenvalue weighted by Gasteiger charge is 2.28. The van der Waals surface area contributed by atoms with Crippen LogP contribution in [0.2, 0.25) is 0 Å². The van der Waals surface area contributed by atoms with Crippen molar-refractivity contribution in [3.8, 4) is 0 Å². The number of carbonyl (C=O) groups excluding carboxylic acids is 1. The molecule has 0 aromatic heterocycles. The Labute approximate surface area is 123 Å². The van der Waals surface area contributed by atoms with Crippen LogP contribution >= 0.6 is 0 Å². The highest BCUT2D eigenvalue weighted by Crippen LogP contribution is 2.26. The fourth-order valence-electron chi connectivity index (χ4n) is 3.47. The molecule has 2 aliphatic rings. The second-order valence-corrected chi connectivity index (χ2v) is 6.56. The molecule has 116 valence electrons. The molecule has 1 saturated carbocycles. The lowest BCUT2D eigenvalue weighted by atomic mass is 9.84. The van der Waals surface area contributed by atoms with E-state index in [1.54, 1.807) is 0 Å². The number of carbonyl (C=O) groups is 1. The van der Waals surface area contributed by atoms with Gasteiger partial charge in [-0.15, -0.1) is 0 Å². The molecule has 0 amide bonds. The molecule has 1 saturated heterocycles. The van der Waals surface area contributed by atoms with Crippen LogP contribution in [0, 0.1) is 11.8 Å². The lowest BCUT2D eigenvalue weighted by Crippen LogP contribution is -2.51. The normalized spacial score (nSPS) is 28.1. The van der Waals surface area contributed by atoms with Crippen LogP contribution in [0.1, 0.15) is 45.4 Å². The molecule has 0 spiro atoms. The Morgan fingerprint density at radius 1 is 1.30 bits per heavy atom. The number of rotatable bonds is 7. The molecule has 4 heteroatoms. The average molecular weight is 282 g/mol. The van der Waals surface area contributed by atoms with Gasteiger partial charge in [0.15, 0.2) is 0 Å². The summed E-state index contributed by atoms with van der Waals surface area (Å²) < 4.78 is 4.81. The minimum atomic E-state index is -0.111. The van der Waals surface area contributed by atoms with Crippen molar-refractivity contribution in [1.82, 2.24) is 10.2 Å². The summed E-state index contributed by atoms with van der Waals surface area (Å²) in [5.74, 6) is 1.51. The molecule has 1 N–H and O–H groups in total. The highest BCUT2D eigenvalue weighted by molar-refractivity contribution is 5.71. The SMILES string of the molecule is CCCC1CC(NCC2CCC2)CN(CC(=O)OC)C1. The van der Waals surface area contributed by atoms with E-state index in [1.807, 2.05) is 0 Å². The first-order chi connectivity index (χ1) is 9.71. The molecule has 2 unspecified atom stereocenters. The number of methoxy groups -OCH3 is 1. The van der Waals surface area contributed by atoms with Gasteiger partial charge in [-0.3, -0.25) is 9.69 Å². The monoisotopic (exact) mass is 282 g/mol. The van der Waals surface area contributed by atoms with Crippen LogP contribution in [0.25, 0.3) is 0 Å². The van der Waals surface area contributed by atoms with Gasteiger partial charge in [0.2, 0.25) is 0 Å². The molecule has 2 fully saturated rings. The molecule has 4 nitrogen and oxygen atoms in total. The van der Waals surface area contributed by atoms with Crippen LogP contribution in [0.3, 0.4) is 0 Å². The smallest absolute Gasteiger partial charge is 0.319 e. The molecule has 0 aromatic rings. The molecular formula is C16H30N2O2. The lowest BCUT2D eigenvalue weighted by molar-refractivity contribution is -0.142. The predicted molar refractivity (Wildman–Crippen MR) is 80.6 cm³/mol. The maximum absolute atomic E-state index is 11.5. The zero-order valence-corrected chi connectivity index (χ0v) is 13.1. The van der Waals surface area contributed by atoms with Crippen molar-refractivity contribution in [2.75, 3.05) is 33.3 Å². The van der Waals surface area contributed by atoms with Gasteiger partial charge in [-0.05, 0) is 44.1 Å². The van der Waals surface area contributed by atoms with Crippen molar-refractivity contribution >= 4 is 5.97 Å². The van der Waals surface area contributed by atoms with Crippen LogP contribution in [-0.2, 0) is 9.53 Å². The summed E-state index contributed by atoms with van der Waals surface area (Å²) >= 11 is 0. The second kappa shape index (κ2) is 7.99. The molecule has 1 heterocycles. The summed E-state index contributed by atoms with van der Waals surface area (Å²) in [6.45, 7) is 5.89. The Balaban J connectivity index is 1.80. The standard InChI is InChI=1S/C16H30N2O2/c1-3-5-14-8-15(17-9-13-6-4-7-13)11-18(10-14)12-16(19)20-2/h13-15,17H,3-12H2,1-2H3. The van der Waals surface area contributed by atoms with Gasteiger partial charge in [0.25, 0.3) is 0 Å². The Morgan fingerprint density at radius 2 is 2.10 bits per heavy atom. The first-order valence-electron chi connectivity index (χ1n) is 8.23. The summed E-state index contributed by atoms with van der Waals surface area (Å²) in [7, 11) is 1.47. The van der Waals surface area contributed by atoms with Gasteiger partial charge in [-0.2, -0.15) is 0 Å². The van der Waals surface area contributed by atoms with E-state index in [4.69, 9.17) is 4.74 Å². The van der Waals surface area contributed by atoms with Gasteiger partial charge in [0, 0.05) is 19.1 Å². The van der Waals surface area contributed by atoms with Crippen LogP contribution < -0.4 is 5.32 Å². The first kappa shape index (κ1) is 15.8. The van der Waals surface area contributed by atoms with Crippen molar-refractivity contribution < 1.29 is 9.53 Å². The maximum Gasteiger partial charge on any atom is 0.319 e. The fraction of sp³-hybridized carbons (Fsp3) is 0.938. The number of hydrogen-bond acceptors (Lipinski definition) is 4. The van der Waals surface area contributed by atoms with E-state index >= 15 is 0 Å². The molecule has 2 atom stereocenters. The highest BCUT2D eigenvalue weighted by atomic mass is 16.5. The molecule has 2 rings (SSSR count). The van der Waals surface area contributed by atoms with Crippen LogP contribution in [0.5, 0.6) is 0 Å². The van der Waals surface area contributed by atoms with Gasteiger partial charge in [0.05, 0.1) is 13.7 Å². The summed E-state index contributed by atoms with van der Waals surface area (Å²) in [5.41, 5.74) is 0. The van der Waals surface area contributed by atoms with E-state index in [9.17, 15) is 4.79 Å². The quantitative estimate of drug-likeness (QED) is 0.726. The third kappa shape index (κ3) is 4.74. The maximum atomic E-state index is 11.5. The third-order valence-corrected chi connectivity index (χ3v) is 4.81. The van der Waals surface area contributed by atoms with Crippen molar-refractivity contribution in [1.29, 1.82) is 0 Å². The number of ether oxygens (including phenoxy) is 1. The van der Waals surface area contributed by atoms with Crippen molar-refractivity contribution in [2.45, 2.75) is 51.5 Å². The molecule has 0 aromatic carbocycles. The van der Waals surface area contributed by atoms with E-state index in [1.165, 1.54) is 45.6 Å². The van der Waals surface area contributed by atoms with Gasteiger partial charge >= 0.3 is 5.97 Å². The van der Waals surface area contributed by atoms with Gasteiger partial charge in [0.1, 0.15) is 0 Å². The first-order valence-corrected chi connectivity index (χ1v) is 8.23. The number of nitrogens with one attached hydrogen (secondary N) is 1. The number of likely N-dealkylation sites (tertiary alicyclic amines) is 1. The van der Waals surface area contributed by atoms with Gasteiger partial charge < -0.3 is 10.1 Å². The Kier molecular flexibility index (Phi) is 6.30. The van der Waals surface area contributed by atoms with E-state index in [0.717, 1.165) is 31.5 Å². The minimum absolute atomic E-state index is 0.111. The van der Waals surface area contributed by atoms with Crippen LogP contribution in [-0.4, -0.2) is 50.2 Å². The molecule has 0 bridgehead atoms. The number of hydrogen-bond donors (Lipinski definition) is 1. The fourth-order valence-corrected chi connectivity index (χ4v) is 3.47. The van der Waals surface area contributed by atoms with Crippen molar-refractivity contribution in [2.24, 2.45) is 11.8 Å². The summed E-state index contributed by atoms with van der Waals surface area (Å²) in [5, 5.41) is 3.74. The average Bonchev–Trinajstić information content (AvgIpc) is 2.37. The van der Waals surface area contributed by atoms with Gasteiger partial charge in [-0.25, -0.2) is 0 Å². The van der Waals surface area contributed by atoms with E-state index in [-0.39, 0.29) is 5.97 Å². The van der Waals surface area contributed by atoms with E-state index in [2.05, 4.69) is 17.1 Å². The summed E-state index contributed by atoms with van der Waals surface area (Å²) in [6, 6.07) is 0.547. The lowest BCUT2D eigenvalue weighted by Gasteiger charge is -2.39. The van der Waals surface area contributed by atoms with Crippen LogP contribution in [0.15, 0.2) is 0 Å². The molecule has 20 heavy (non-hydrogen) atoms. The van der Waals surface area contributed by atoms with Crippen molar-refractivity contribution in [3.63, 3.8) is 0 Å². The molecule has 1 aliphatic carbocycles. The Bertz CT molecular complexity index is 305. The predicted octanol–water partition coefficient (Wildman–Crippen LogP) is 2.04. The zero-order valence-electron chi connectivity index (χ0n) is 13.1. The van der Waals surface area contributed by atoms with Crippen LogP contribution in [0.4, 0.5) is 0 Å². The van der Waals surface area contributed by atoms with E-state index in [0.29, 0.717) is 12.6 Å². The Morgan fingerprint density at radius 3 is 2.70 bits per heavy atom. The summed E-state index contributed by atoms with van der Waals surface area (Å²) in [4.78, 5) is 13.8. The topological polar surface area (TPSA) is 41.6 Å². The molecule has 0 radical (unpaired) electrons. The zero-order chi connectivity index (χ0) is 14.4. The molecule has 1 aliphatic heterocycles. The number of esters is 1. The third-order valence-electron chi connectivity index (χ3n) is 4.81. The minimum Gasteiger partial charge on any atom is -0.468 e. The largest absolute Gasteiger partial charge is 0.468 e. The van der Waals surface area contributed by atoms with Gasteiger partial charge in [-0.1, -0.05) is 19.8 Å². The van der Waals surface area contributed by atoms with Crippen molar-refractivity contribution in [3.05, 3.63) is 0 Å². The Hall–Kier alpha value is -0.610.